The Balaban J connectivity index is 1.38. The molecule has 0 atom stereocenters. The molecule has 0 unspecified atom stereocenters. The summed E-state index contributed by atoms with van der Waals surface area (Å²) in [4.78, 5) is 16.0. The van der Waals surface area contributed by atoms with Gasteiger partial charge in [-0.15, -0.1) is 0 Å². The van der Waals surface area contributed by atoms with Crippen LogP contribution >= 0.6 is 15.9 Å². The van der Waals surface area contributed by atoms with Crippen molar-refractivity contribution in [3.8, 4) is 0 Å². The van der Waals surface area contributed by atoms with E-state index in [4.69, 9.17) is 0 Å². The molecule has 2 aliphatic carbocycles. The molecule has 136 valence electrons. The van der Waals surface area contributed by atoms with E-state index in [-0.39, 0.29) is 11.3 Å². The van der Waals surface area contributed by atoms with Gasteiger partial charge in [-0.05, 0) is 49.8 Å². The number of hydrogen-bond donors (Lipinski definition) is 3. The van der Waals surface area contributed by atoms with Gasteiger partial charge >= 0.3 is 0 Å². The first-order valence-electron chi connectivity index (χ1n) is 9.11. The minimum absolute atomic E-state index is 0.166. The number of aliphatic imine (C=N–C) groups is 1. The van der Waals surface area contributed by atoms with E-state index in [9.17, 15) is 4.79 Å². The number of guanidine groups is 1. The first-order chi connectivity index (χ1) is 12.1. The number of carbonyl (C=O) groups excluding carboxylic acids is 1. The second-order valence-corrected chi connectivity index (χ2v) is 8.00. The van der Waals surface area contributed by atoms with Crippen molar-refractivity contribution in [1.82, 2.24) is 16.0 Å². The van der Waals surface area contributed by atoms with Gasteiger partial charge in [-0.2, -0.15) is 0 Å². The van der Waals surface area contributed by atoms with Crippen LogP contribution in [0, 0.1) is 0 Å². The Morgan fingerprint density at radius 2 is 2.12 bits per heavy atom. The summed E-state index contributed by atoms with van der Waals surface area (Å²) < 4.78 is 1.13. The number of carbonyl (C=O) groups is 1. The lowest BCUT2D eigenvalue weighted by atomic mass is 9.96. The first kappa shape index (κ1) is 18.2. The molecule has 0 aliphatic heterocycles. The van der Waals surface area contributed by atoms with E-state index in [1.54, 1.807) is 7.05 Å². The molecule has 0 bridgehead atoms. The molecule has 0 saturated heterocycles. The summed E-state index contributed by atoms with van der Waals surface area (Å²) in [6, 6.07) is 9.02. The third-order valence-electron chi connectivity index (χ3n) is 4.92. The molecule has 2 saturated carbocycles. The molecule has 5 nitrogen and oxygen atoms in total. The number of rotatable bonds is 8. The van der Waals surface area contributed by atoms with Gasteiger partial charge in [-0.3, -0.25) is 9.79 Å². The van der Waals surface area contributed by atoms with Crippen LogP contribution in [-0.2, 0) is 10.2 Å². The number of hydrogen-bond acceptors (Lipinski definition) is 2. The van der Waals surface area contributed by atoms with Gasteiger partial charge in [0.05, 0.1) is 0 Å². The van der Waals surface area contributed by atoms with Crippen LogP contribution in [0.3, 0.4) is 0 Å². The largest absolute Gasteiger partial charge is 0.356 e. The quantitative estimate of drug-likeness (QED) is 0.353. The Labute approximate surface area is 158 Å². The Kier molecular flexibility index (Phi) is 5.99. The van der Waals surface area contributed by atoms with Crippen molar-refractivity contribution >= 4 is 27.8 Å². The summed E-state index contributed by atoms with van der Waals surface area (Å²) in [7, 11) is 1.79. The van der Waals surface area contributed by atoms with Crippen molar-refractivity contribution < 1.29 is 4.79 Å². The summed E-state index contributed by atoms with van der Waals surface area (Å²) in [5.74, 6) is 0.975. The number of benzene rings is 1. The highest BCUT2D eigenvalue weighted by Gasteiger charge is 2.44. The van der Waals surface area contributed by atoms with E-state index in [1.165, 1.54) is 18.4 Å². The van der Waals surface area contributed by atoms with Crippen LogP contribution in [0.2, 0.25) is 0 Å². The lowest BCUT2D eigenvalue weighted by molar-refractivity contribution is -0.121. The zero-order valence-corrected chi connectivity index (χ0v) is 16.4. The molecule has 3 N–H and O–H groups in total. The van der Waals surface area contributed by atoms with E-state index < -0.39 is 0 Å². The van der Waals surface area contributed by atoms with E-state index >= 15 is 0 Å². The highest BCUT2D eigenvalue weighted by molar-refractivity contribution is 9.10. The lowest BCUT2D eigenvalue weighted by Crippen LogP contribution is -2.41. The Bertz CT molecular complexity index is 638. The van der Waals surface area contributed by atoms with Crippen LogP contribution in [0.4, 0.5) is 0 Å². The molecule has 1 aromatic carbocycles. The van der Waals surface area contributed by atoms with Gasteiger partial charge in [0, 0.05) is 42.5 Å². The van der Waals surface area contributed by atoms with Crippen LogP contribution in [-0.4, -0.2) is 38.0 Å². The third-order valence-corrected chi connectivity index (χ3v) is 5.42. The van der Waals surface area contributed by atoms with Crippen molar-refractivity contribution in [3.63, 3.8) is 0 Å². The first-order valence-corrected chi connectivity index (χ1v) is 9.90. The summed E-state index contributed by atoms with van der Waals surface area (Å²) >= 11 is 3.56. The number of halogens is 1. The number of nitrogens with one attached hydrogen (secondary N) is 3. The van der Waals surface area contributed by atoms with E-state index in [0.29, 0.717) is 12.5 Å². The molecular weight excluding hydrogens is 380 g/mol. The summed E-state index contributed by atoms with van der Waals surface area (Å²) in [6.45, 7) is 1.63. The van der Waals surface area contributed by atoms with E-state index in [1.807, 2.05) is 0 Å². The van der Waals surface area contributed by atoms with Gasteiger partial charge in [0.15, 0.2) is 5.96 Å². The van der Waals surface area contributed by atoms with Gasteiger partial charge in [0.1, 0.15) is 0 Å². The van der Waals surface area contributed by atoms with Crippen molar-refractivity contribution in [2.45, 2.75) is 50.0 Å². The Morgan fingerprint density at radius 1 is 1.32 bits per heavy atom. The van der Waals surface area contributed by atoms with Crippen LogP contribution in [0.1, 0.15) is 44.1 Å². The molecule has 1 amide bonds. The van der Waals surface area contributed by atoms with Crippen molar-refractivity contribution in [2.75, 3.05) is 20.1 Å². The van der Waals surface area contributed by atoms with Crippen LogP contribution in [0.25, 0.3) is 0 Å². The minimum atomic E-state index is 0.166. The van der Waals surface area contributed by atoms with Crippen LogP contribution in [0.5, 0.6) is 0 Å². The molecule has 0 heterocycles. The monoisotopic (exact) mass is 406 g/mol. The molecule has 0 aromatic heterocycles. The minimum Gasteiger partial charge on any atom is -0.356 e. The fourth-order valence-corrected chi connectivity index (χ4v) is 3.39. The average Bonchev–Trinajstić information content (AvgIpc) is 3.50. The Hall–Kier alpha value is -1.56. The summed E-state index contributed by atoms with van der Waals surface area (Å²) in [5.41, 5.74) is 1.60. The van der Waals surface area contributed by atoms with Gasteiger partial charge < -0.3 is 16.0 Å². The van der Waals surface area contributed by atoms with Gasteiger partial charge in [0.25, 0.3) is 0 Å². The normalized spacial score (nSPS) is 18.6. The maximum absolute atomic E-state index is 11.7. The lowest BCUT2D eigenvalue weighted by Gasteiger charge is -2.19. The second kappa shape index (κ2) is 8.21. The number of amides is 1. The highest BCUT2D eigenvalue weighted by Crippen LogP contribution is 2.48. The van der Waals surface area contributed by atoms with Crippen LogP contribution < -0.4 is 16.0 Å². The highest BCUT2D eigenvalue weighted by atomic mass is 79.9. The Morgan fingerprint density at radius 3 is 2.76 bits per heavy atom. The van der Waals surface area contributed by atoms with Gasteiger partial charge in [0.2, 0.25) is 5.91 Å². The fraction of sp³-hybridized carbons (Fsp3) is 0.579. The standard InChI is InChI=1S/C19H27BrN4O/c1-21-18(22-11-3-6-17(25)24-16-7-8-16)23-13-19(9-10-19)14-4-2-5-15(20)12-14/h2,4-5,12,16H,3,6-11,13H2,1H3,(H,24,25)(H2,21,22,23). The topological polar surface area (TPSA) is 65.5 Å². The predicted octanol–water partition coefficient (Wildman–Crippen LogP) is 2.70. The van der Waals surface area contributed by atoms with E-state index in [0.717, 1.165) is 42.8 Å². The van der Waals surface area contributed by atoms with Crippen molar-refractivity contribution in [3.05, 3.63) is 34.3 Å². The molecule has 25 heavy (non-hydrogen) atoms. The maximum atomic E-state index is 11.7. The molecule has 0 radical (unpaired) electrons. The predicted molar refractivity (Wildman–Crippen MR) is 105 cm³/mol. The molecule has 6 heteroatoms. The number of nitrogens with zero attached hydrogens (tertiary/aromatic N) is 1. The van der Waals surface area contributed by atoms with Gasteiger partial charge in [-0.1, -0.05) is 28.1 Å². The third kappa shape index (κ3) is 5.46. The van der Waals surface area contributed by atoms with E-state index in [2.05, 4.69) is 61.1 Å². The maximum Gasteiger partial charge on any atom is 0.220 e. The molecule has 1 aromatic rings. The molecule has 2 aliphatic rings. The fourth-order valence-electron chi connectivity index (χ4n) is 2.99. The summed E-state index contributed by atoms with van der Waals surface area (Å²) in [6.07, 6.45) is 6.07. The van der Waals surface area contributed by atoms with Gasteiger partial charge in [-0.25, -0.2) is 0 Å². The zero-order chi connectivity index (χ0) is 17.7. The summed E-state index contributed by atoms with van der Waals surface area (Å²) in [5, 5.41) is 9.77. The molecule has 2 fully saturated rings. The zero-order valence-electron chi connectivity index (χ0n) is 14.8. The average molecular weight is 407 g/mol. The second-order valence-electron chi connectivity index (χ2n) is 7.09. The smallest absolute Gasteiger partial charge is 0.220 e. The van der Waals surface area contributed by atoms with Crippen molar-refractivity contribution in [2.24, 2.45) is 4.99 Å². The molecule has 3 rings (SSSR count). The molecular formula is C19H27BrN4O. The van der Waals surface area contributed by atoms with Crippen LogP contribution in [0.15, 0.2) is 33.7 Å². The molecule has 0 spiro atoms. The SMILES string of the molecule is CN=C(NCCCC(=O)NC1CC1)NCC1(c2cccc(Br)c2)CC1. The van der Waals surface area contributed by atoms with Crippen molar-refractivity contribution in [1.29, 1.82) is 0 Å².